The molecule has 0 aromatic heterocycles. The Morgan fingerprint density at radius 3 is 1.75 bits per heavy atom. The van der Waals surface area contributed by atoms with E-state index in [0.29, 0.717) is 71.0 Å². The third-order valence-corrected chi connectivity index (χ3v) is 7.59. The number of hydrogen-bond acceptors (Lipinski definition) is 10. The van der Waals surface area contributed by atoms with Crippen molar-refractivity contribution in [1.29, 1.82) is 0 Å². The SMILES string of the molecule is C=C(CC(C)C)C(=O)NC(CCC(=O)C(C)(CC)NCCOCCOCC(=O)C(C)(CC)NCCOCCOCC)C(=O)O. The van der Waals surface area contributed by atoms with Crippen LogP contribution in [0.25, 0.3) is 0 Å². The van der Waals surface area contributed by atoms with E-state index in [1.54, 1.807) is 6.92 Å². The van der Waals surface area contributed by atoms with Crippen molar-refractivity contribution < 1.29 is 43.2 Å². The quantitative estimate of drug-likeness (QED) is 0.0711. The second-order valence-corrected chi connectivity index (χ2v) is 11.6. The monoisotopic (exact) mass is 629 g/mol. The summed E-state index contributed by atoms with van der Waals surface area (Å²) in [6.45, 7) is 21.0. The van der Waals surface area contributed by atoms with Gasteiger partial charge in [0, 0.05) is 31.7 Å². The van der Waals surface area contributed by atoms with Crippen molar-refractivity contribution >= 4 is 23.4 Å². The van der Waals surface area contributed by atoms with Crippen LogP contribution in [0, 0.1) is 5.92 Å². The molecule has 0 aliphatic carbocycles. The van der Waals surface area contributed by atoms with E-state index in [1.165, 1.54) is 0 Å². The Kier molecular flexibility index (Phi) is 22.0. The van der Waals surface area contributed by atoms with Gasteiger partial charge in [0.2, 0.25) is 5.91 Å². The third kappa shape index (κ3) is 17.3. The molecule has 256 valence electrons. The average Bonchev–Trinajstić information content (AvgIpc) is 2.98. The predicted octanol–water partition coefficient (Wildman–Crippen LogP) is 2.68. The molecule has 0 radical (unpaired) electrons. The zero-order valence-electron chi connectivity index (χ0n) is 28.2. The number of amides is 1. The summed E-state index contributed by atoms with van der Waals surface area (Å²) in [5.41, 5.74) is -1.26. The van der Waals surface area contributed by atoms with Crippen molar-refractivity contribution in [2.45, 2.75) is 97.7 Å². The Morgan fingerprint density at radius 2 is 1.27 bits per heavy atom. The van der Waals surface area contributed by atoms with Crippen molar-refractivity contribution in [3.8, 4) is 0 Å². The molecule has 44 heavy (non-hydrogen) atoms. The van der Waals surface area contributed by atoms with Crippen LogP contribution in [-0.4, -0.2) is 112 Å². The number of Topliss-reactive ketones (excluding diaryl/α,β-unsaturated/α-hetero) is 2. The van der Waals surface area contributed by atoms with Crippen LogP contribution in [0.2, 0.25) is 0 Å². The van der Waals surface area contributed by atoms with E-state index in [4.69, 9.17) is 18.9 Å². The van der Waals surface area contributed by atoms with Gasteiger partial charge >= 0.3 is 5.97 Å². The zero-order valence-corrected chi connectivity index (χ0v) is 28.2. The minimum Gasteiger partial charge on any atom is -0.480 e. The van der Waals surface area contributed by atoms with E-state index < -0.39 is 29.0 Å². The van der Waals surface area contributed by atoms with Gasteiger partial charge in [0.15, 0.2) is 11.6 Å². The molecule has 1 amide bonds. The van der Waals surface area contributed by atoms with Crippen molar-refractivity contribution in [2.24, 2.45) is 5.92 Å². The van der Waals surface area contributed by atoms with Gasteiger partial charge in [-0.15, -0.1) is 0 Å². The van der Waals surface area contributed by atoms with Gasteiger partial charge in [-0.05, 0) is 52.4 Å². The number of rotatable bonds is 29. The summed E-state index contributed by atoms with van der Waals surface area (Å²) >= 11 is 0. The lowest BCUT2D eigenvalue weighted by Crippen LogP contribution is -2.51. The molecule has 12 heteroatoms. The first-order chi connectivity index (χ1) is 20.8. The predicted molar refractivity (Wildman–Crippen MR) is 170 cm³/mol. The van der Waals surface area contributed by atoms with Crippen LogP contribution in [0.4, 0.5) is 0 Å². The number of aliphatic carboxylic acids is 1. The molecule has 4 N–H and O–H groups in total. The highest BCUT2D eigenvalue weighted by atomic mass is 16.5. The molecule has 0 saturated heterocycles. The van der Waals surface area contributed by atoms with Crippen molar-refractivity contribution in [3.05, 3.63) is 12.2 Å². The summed E-state index contributed by atoms with van der Waals surface area (Å²) in [7, 11) is 0. The van der Waals surface area contributed by atoms with Crippen molar-refractivity contribution in [1.82, 2.24) is 16.0 Å². The molecule has 0 rings (SSSR count). The Labute approximate surface area is 264 Å². The van der Waals surface area contributed by atoms with E-state index in [0.717, 1.165) is 0 Å². The third-order valence-electron chi connectivity index (χ3n) is 7.59. The number of ether oxygens (including phenoxy) is 4. The molecule has 12 nitrogen and oxygen atoms in total. The van der Waals surface area contributed by atoms with Gasteiger partial charge in [0.25, 0.3) is 0 Å². The smallest absolute Gasteiger partial charge is 0.326 e. The maximum atomic E-state index is 13.0. The van der Waals surface area contributed by atoms with Crippen LogP contribution in [0.5, 0.6) is 0 Å². The van der Waals surface area contributed by atoms with Gasteiger partial charge in [-0.2, -0.15) is 0 Å². The molecule has 0 bridgehead atoms. The Balaban J connectivity index is 4.40. The molecule has 0 aliphatic rings. The van der Waals surface area contributed by atoms with E-state index in [-0.39, 0.29) is 50.1 Å². The lowest BCUT2D eigenvalue weighted by atomic mass is 9.89. The van der Waals surface area contributed by atoms with E-state index in [9.17, 15) is 24.3 Å². The van der Waals surface area contributed by atoms with Crippen LogP contribution in [0.15, 0.2) is 12.2 Å². The van der Waals surface area contributed by atoms with Crippen molar-refractivity contribution in [3.63, 3.8) is 0 Å². The number of nitrogens with one attached hydrogen (secondary N) is 3. The maximum absolute atomic E-state index is 13.0. The lowest BCUT2D eigenvalue weighted by molar-refractivity contribution is -0.141. The summed E-state index contributed by atoms with van der Waals surface area (Å²) < 4.78 is 21.9. The highest BCUT2D eigenvalue weighted by molar-refractivity contribution is 5.95. The first-order valence-electron chi connectivity index (χ1n) is 15.8. The molecule has 0 saturated carbocycles. The zero-order chi connectivity index (χ0) is 33.6. The minimum absolute atomic E-state index is 0.0134. The van der Waals surface area contributed by atoms with Crippen LogP contribution in [0.3, 0.4) is 0 Å². The van der Waals surface area contributed by atoms with Gasteiger partial charge in [0.1, 0.15) is 12.6 Å². The topological polar surface area (TPSA) is 162 Å². The van der Waals surface area contributed by atoms with Crippen molar-refractivity contribution in [2.75, 3.05) is 65.9 Å². The highest BCUT2D eigenvalue weighted by Crippen LogP contribution is 2.16. The van der Waals surface area contributed by atoms with Gasteiger partial charge in [-0.25, -0.2) is 4.79 Å². The standard InChI is InChI=1S/C32H59N3O9/c1-9-31(7,27(36)13-12-26(30(39)40)35-29(38)25(6)22-24(4)5)33-14-16-43-20-21-44-23-28(37)32(8,10-2)34-15-17-42-19-18-41-11-3/h24,26,33-34H,6,9-23H2,1-5,7-8H3,(H,35,38)(H,39,40). The summed E-state index contributed by atoms with van der Waals surface area (Å²) in [5.74, 6) is -1.67. The normalized spacial score (nSPS) is 14.9. The van der Waals surface area contributed by atoms with Gasteiger partial charge < -0.3 is 40.0 Å². The average molecular weight is 630 g/mol. The molecule has 0 aromatic rings. The molecule has 0 aliphatic heterocycles. The fourth-order valence-corrected chi connectivity index (χ4v) is 4.20. The van der Waals surface area contributed by atoms with Gasteiger partial charge in [-0.1, -0.05) is 34.3 Å². The fraction of sp³-hybridized carbons (Fsp3) is 0.812. The van der Waals surface area contributed by atoms with E-state index >= 15 is 0 Å². The largest absolute Gasteiger partial charge is 0.480 e. The second kappa shape index (κ2) is 23.2. The van der Waals surface area contributed by atoms with Crippen LogP contribution < -0.4 is 16.0 Å². The number of carboxylic acids is 1. The fourth-order valence-electron chi connectivity index (χ4n) is 4.20. The van der Waals surface area contributed by atoms with Crippen LogP contribution >= 0.6 is 0 Å². The van der Waals surface area contributed by atoms with E-state index in [1.807, 2.05) is 41.5 Å². The summed E-state index contributed by atoms with van der Waals surface area (Å²) in [5, 5.41) is 18.5. The molecule has 3 unspecified atom stereocenters. The van der Waals surface area contributed by atoms with Crippen LogP contribution in [-0.2, 0) is 38.1 Å². The second-order valence-electron chi connectivity index (χ2n) is 11.6. The number of carbonyl (C=O) groups excluding carboxylic acids is 3. The lowest BCUT2D eigenvalue weighted by Gasteiger charge is -2.29. The first kappa shape index (κ1) is 41.8. The Hall–Kier alpha value is -2.22. The van der Waals surface area contributed by atoms with Gasteiger partial charge in [0.05, 0.1) is 50.7 Å². The highest BCUT2D eigenvalue weighted by Gasteiger charge is 2.32. The molecule has 0 spiro atoms. The minimum atomic E-state index is -1.19. The molecule has 0 aromatic carbocycles. The summed E-state index contributed by atoms with van der Waals surface area (Å²) in [4.78, 5) is 49.7. The summed E-state index contributed by atoms with van der Waals surface area (Å²) in [6.07, 6.45) is 1.54. The molecular formula is C32H59N3O9. The van der Waals surface area contributed by atoms with E-state index in [2.05, 4.69) is 22.5 Å². The summed E-state index contributed by atoms with van der Waals surface area (Å²) in [6, 6.07) is -1.18. The molecule has 0 heterocycles. The number of hydrogen-bond donors (Lipinski definition) is 4. The Morgan fingerprint density at radius 1 is 0.773 bits per heavy atom. The molecule has 3 atom stereocenters. The Bertz CT molecular complexity index is 883. The number of carboxylic acid groups (broad SMARTS) is 1. The first-order valence-corrected chi connectivity index (χ1v) is 15.8. The number of carbonyl (C=O) groups is 4. The maximum Gasteiger partial charge on any atom is 0.326 e. The molecule has 0 fully saturated rings. The number of ketones is 2. The van der Waals surface area contributed by atoms with Crippen LogP contribution in [0.1, 0.15) is 80.6 Å². The van der Waals surface area contributed by atoms with Gasteiger partial charge in [-0.3, -0.25) is 14.4 Å². The molecular weight excluding hydrogens is 570 g/mol.